The van der Waals surface area contributed by atoms with Gasteiger partial charge in [0, 0.05) is 13.2 Å². The second-order valence-electron chi connectivity index (χ2n) is 2.89. The molecule has 2 aromatic rings. The minimum Gasteiger partial charge on any atom is -0.388 e. The molecule has 2 N–H and O–H groups in total. The number of thiocarbonyl (C=S) groups is 1. The number of ether oxygens (including phenoxy) is 1. The molecule has 0 saturated carbocycles. The third-order valence-electron chi connectivity index (χ3n) is 1.65. The van der Waals surface area contributed by atoms with Gasteiger partial charge in [0.15, 0.2) is 0 Å². The lowest BCUT2D eigenvalue weighted by atomic mass is 10.4. The van der Waals surface area contributed by atoms with Crippen molar-refractivity contribution in [2.24, 2.45) is 12.8 Å². The molecule has 0 bridgehead atoms. The number of hydrogen-bond donors (Lipinski definition) is 1. The summed E-state index contributed by atoms with van der Waals surface area (Å²) in [5.41, 5.74) is 5.87. The fourth-order valence-corrected chi connectivity index (χ4v) is 1.09. The lowest BCUT2D eigenvalue weighted by Crippen LogP contribution is -2.12. The van der Waals surface area contributed by atoms with Crippen LogP contribution in [0.2, 0.25) is 0 Å². The van der Waals surface area contributed by atoms with E-state index in [0.717, 1.165) is 0 Å². The maximum atomic E-state index is 5.43. The molecule has 0 aliphatic heterocycles. The van der Waals surface area contributed by atoms with Gasteiger partial charge in [-0.3, -0.25) is 4.68 Å². The van der Waals surface area contributed by atoms with E-state index in [1.54, 1.807) is 13.1 Å². The maximum absolute atomic E-state index is 5.43. The molecule has 0 aromatic carbocycles. The summed E-state index contributed by atoms with van der Waals surface area (Å²) < 4.78 is 6.72. The van der Waals surface area contributed by atoms with Crippen LogP contribution in [0.25, 0.3) is 0 Å². The van der Waals surface area contributed by atoms with Crippen molar-refractivity contribution in [3.8, 4) is 12.0 Å². The third-order valence-corrected chi connectivity index (χ3v) is 1.86. The van der Waals surface area contributed by atoms with E-state index in [1.807, 2.05) is 0 Å². The average molecular weight is 236 g/mol. The highest BCUT2D eigenvalue weighted by molar-refractivity contribution is 7.80. The van der Waals surface area contributed by atoms with Gasteiger partial charge in [0.1, 0.15) is 17.0 Å². The average Bonchev–Trinajstić information content (AvgIpc) is 2.64. The second-order valence-corrected chi connectivity index (χ2v) is 3.33. The van der Waals surface area contributed by atoms with E-state index in [2.05, 4.69) is 20.1 Å². The van der Waals surface area contributed by atoms with Crippen molar-refractivity contribution in [2.75, 3.05) is 0 Å². The van der Waals surface area contributed by atoms with Gasteiger partial charge >= 0.3 is 12.0 Å². The molecule has 0 unspecified atom stereocenters. The van der Waals surface area contributed by atoms with Crippen molar-refractivity contribution in [1.29, 1.82) is 0 Å². The molecule has 0 aliphatic rings. The summed E-state index contributed by atoms with van der Waals surface area (Å²) in [5.74, 6) is 0. The van der Waals surface area contributed by atoms with Crippen molar-refractivity contribution in [1.82, 2.24) is 24.7 Å². The van der Waals surface area contributed by atoms with Gasteiger partial charge in [0.25, 0.3) is 0 Å². The molecule has 16 heavy (non-hydrogen) atoms. The first kappa shape index (κ1) is 10.4. The Bertz CT molecular complexity index is 525. The number of rotatable bonds is 3. The Hall–Kier alpha value is -2.09. The monoisotopic (exact) mass is 236 g/mol. The van der Waals surface area contributed by atoms with Gasteiger partial charge in [-0.05, 0) is 6.07 Å². The third kappa shape index (κ3) is 2.28. The Kier molecular flexibility index (Phi) is 2.73. The first-order valence-electron chi connectivity index (χ1n) is 4.31. The fraction of sp³-hybridized carbons (Fsp3) is 0.125. The van der Waals surface area contributed by atoms with Gasteiger partial charge < -0.3 is 10.5 Å². The lowest BCUT2D eigenvalue weighted by molar-refractivity contribution is 0.404. The van der Waals surface area contributed by atoms with Gasteiger partial charge in [-0.1, -0.05) is 12.2 Å². The summed E-state index contributed by atoms with van der Waals surface area (Å²) in [6, 6.07) is 1.88. The normalized spacial score (nSPS) is 10.1. The van der Waals surface area contributed by atoms with Crippen LogP contribution in [0.3, 0.4) is 0 Å². The lowest BCUT2D eigenvalue weighted by Gasteiger charge is -2.00. The van der Waals surface area contributed by atoms with Crippen LogP contribution < -0.4 is 10.5 Å². The zero-order valence-corrected chi connectivity index (χ0v) is 9.18. The van der Waals surface area contributed by atoms with E-state index in [-0.39, 0.29) is 17.0 Å². The molecule has 0 saturated heterocycles. The second kappa shape index (κ2) is 4.19. The minimum atomic E-state index is 0.108. The molecule has 0 fully saturated rings. The summed E-state index contributed by atoms with van der Waals surface area (Å²) in [6.07, 6.45) is 3.01. The summed E-state index contributed by atoms with van der Waals surface area (Å²) in [7, 11) is 1.73. The van der Waals surface area contributed by atoms with Gasteiger partial charge in [0.2, 0.25) is 0 Å². The summed E-state index contributed by atoms with van der Waals surface area (Å²) in [4.78, 5) is 11.9. The molecule has 8 heteroatoms. The largest absolute Gasteiger partial charge is 0.388 e. The summed E-state index contributed by atoms with van der Waals surface area (Å²) >= 11 is 4.79. The first-order chi connectivity index (χ1) is 7.65. The molecule has 7 nitrogen and oxygen atoms in total. The molecule has 0 amide bonds. The molecule has 2 aromatic heterocycles. The Morgan fingerprint density at radius 3 is 2.88 bits per heavy atom. The minimum absolute atomic E-state index is 0.108. The Balaban J connectivity index is 2.21. The zero-order valence-electron chi connectivity index (χ0n) is 8.36. The molecular formula is C8H8N6OS. The number of aryl methyl sites for hydroxylation is 1. The summed E-state index contributed by atoms with van der Waals surface area (Å²) in [6.45, 7) is 0. The summed E-state index contributed by atoms with van der Waals surface area (Å²) in [5, 5.41) is 3.92. The van der Waals surface area contributed by atoms with Gasteiger partial charge in [0.05, 0.1) is 0 Å². The topological polar surface area (TPSA) is 91.7 Å². The molecule has 2 rings (SSSR count). The highest BCUT2D eigenvalue weighted by Gasteiger charge is 2.06. The van der Waals surface area contributed by atoms with E-state index in [4.69, 9.17) is 22.7 Å². The molecule has 0 aliphatic carbocycles. The van der Waals surface area contributed by atoms with E-state index < -0.39 is 0 Å². The number of aromatic nitrogens is 5. The van der Waals surface area contributed by atoms with Crippen molar-refractivity contribution in [2.45, 2.75) is 0 Å². The van der Waals surface area contributed by atoms with E-state index in [0.29, 0.717) is 5.69 Å². The number of nitrogens with zero attached hydrogens (tertiary/aromatic N) is 5. The van der Waals surface area contributed by atoms with E-state index in [1.165, 1.54) is 17.2 Å². The zero-order chi connectivity index (χ0) is 11.5. The molecule has 0 radical (unpaired) electrons. The first-order valence-corrected chi connectivity index (χ1v) is 4.72. The number of hydrogen-bond acceptors (Lipinski definition) is 6. The van der Waals surface area contributed by atoms with Crippen LogP contribution in [-0.2, 0) is 7.05 Å². The van der Waals surface area contributed by atoms with Crippen molar-refractivity contribution in [3.63, 3.8) is 0 Å². The van der Waals surface area contributed by atoms with Gasteiger partial charge in [-0.15, -0.1) is 5.10 Å². The van der Waals surface area contributed by atoms with Crippen molar-refractivity contribution < 1.29 is 4.74 Å². The molecule has 2 heterocycles. The Morgan fingerprint density at radius 1 is 1.44 bits per heavy atom. The number of nitrogens with two attached hydrogens (primary N) is 1. The van der Waals surface area contributed by atoms with Crippen LogP contribution in [0, 0.1) is 0 Å². The Morgan fingerprint density at radius 2 is 2.25 bits per heavy atom. The maximum Gasteiger partial charge on any atom is 0.343 e. The highest BCUT2D eigenvalue weighted by atomic mass is 32.1. The van der Waals surface area contributed by atoms with Crippen molar-refractivity contribution >= 4 is 17.2 Å². The predicted molar refractivity (Wildman–Crippen MR) is 59.0 cm³/mol. The smallest absolute Gasteiger partial charge is 0.343 e. The molecule has 0 atom stereocenters. The van der Waals surface area contributed by atoms with Crippen LogP contribution in [0.15, 0.2) is 18.6 Å². The highest BCUT2D eigenvalue weighted by Crippen LogP contribution is 2.11. The fourth-order valence-electron chi connectivity index (χ4n) is 0.975. The van der Waals surface area contributed by atoms with Crippen LogP contribution in [0.4, 0.5) is 0 Å². The van der Waals surface area contributed by atoms with E-state index >= 15 is 0 Å². The van der Waals surface area contributed by atoms with Crippen LogP contribution in [0.1, 0.15) is 5.69 Å². The standard InChI is InChI=1S/C8H8N6OS/c1-14-4-11-8(13-14)15-7-10-3-2-5(12-7)6(9)16/h2-4H,1H3,(H2,9,16). The molecule has 0 spiro atoms. The quantitative estimate of drug-likeness (QED) is 0.751. The Labute approximate surface area is 96.3 Å². The van der Waals surface area contributed by atoms with E-state index in [9.17, 15) is 0 Å². The molecule has 82 valence electrons. The van der Waals surface area contributed by atoms with Crippen LogP contribution in [0.5, 0.6) is 12.0 Å². The predicted octanol–water partition coefficient (Wildman–Crippen LogP) is 0.0316. The van der Waals surface area contributed by atoms with Crippen molar-refractivity contribution in [3.05, 3.63) is 24.3 Å². The van der Waals surface area contributed by atoms with Gasteiger partial charge in [-0.2, -0.15) is 9.97 Å². The van der Waals surface area contributed by atoms with Crippen LogP contribution in [-0.4, -0.2) is 29.7 Å². The van der Waals surface area contributed by atoms with Crippen LogP contribution >= 0.6 is 12.2 Å². The van der Waals surface area contributed by atoms with Gasteiger partial charge in [-0.25, -0.2) is 4.98 Å². The molecular weight excluding hydrogens is 228 g/mol. The SMILES string of the molecule is Cn1cnc(Oc2nccc(C(N)=S)n2)n1.